The van der Waals surface area contributed by atoms with Crippen molar-refractivity contribution in [3.63, 3.8) is 0 Å². The first-order valence-electron chi connectivity index (χ1n) is 7.84. The van der Waals surface area contributed by atoms with Crippen molar-refractivity contribution in [3.8, 4) is 11.5 Å². The first-order chi connectivity index (χ1) is 11.2. The molecule has 0 heterocycles. The largest absolute Gasteiger partial charge is 0.493 e. The van der Waals surface area contributed by atoms with Crippen LogP contribution >= 0.6 is 0 Å². The maximum absolute atomic E-state index is 10.2. The van der Waals surface area contributed by atoms with Crippen molar-refractivity contribution < 1.29 is 14.6 Å². The third kappa shape index (κ3) is 4.71. The van der Waals surface area contributed by atoms with E-state index in [4.69, 9.17) is 9.47 Å². The van der Waals surface area contributed by atoms with Crippen LogP contribution in [0.25, 0.3) is 0 Å². The summed E-state index contributed by atoms with van der Waals surface area (Å²) >= 11 is 0. The zero-order valence-electron chi connectivity index (χ0n) is 14.0. The van der Waals surface area contributed by atoms with E-state index in [1.165, 1.54) is 0 Å². The van der Waals surface area contributed by atoms with Gasteiger partial charge in [-0.05, 0) is 43.1 Å². The molecule has 23 heavy (non-hydrogen) atoms. The predicted molar refractivity (Wildman–Crippen MR) is 92.0 cm³/mol. The van der Waals surface area contributed by atoms with E-state index < -0.39 is 6.10 Å². The van der Waals surface area contributed by atoms with Crippen LogP contribution < -0.4 is 14.8 Å². The Hall–Kier alpha value is -2.04. The molecular formula is C19H25NO3. The molecule has 0 aliphatic carbocycles. The number of nitrogens with one attached hydrogen (secondary N) is 1. The Morgan fingerprint density at radius 2 is 1.65 bits per heavy atom. The summed E-state index contributed by atoms with van der Waals surface area (Å²) in [6, 6.07) is 15.8. The second-order valence-corrected chi connectivity index (χ2v) is 5.51. The molecule has 2 aromatic carbocycles. The molecule has 0 aliphatic rings. The molecule has 0 fully saturated rings. The molecule has 0 aromatic heterocycles. The van der Waals surface area contributed by atoms with Gasteiger partial charge in [-0.2, -0.15) is 0 Å². The van der Waals surface area contributed by atoms with Crippen LogP contribution in [0, 0.1) is 0 Å². The lowest BCUT2D eigenvalue weighted by atomic mass is 10.1. The predicted octanol–water partition coefficient (Wildman–Crippen LogP) is 3.48. The maximum atomic E-state index is 10.2. The Morgan fingerprint density at radius 3 is 2.30 bits per heavy atom. The van der Waals surface area contributed by atoms with Gasteiger partial charge < -0.3 is 19.9 Å². The highest BCUT2D eigenvalue weighted by atomic mass is 16.5. The number of rotatable bonds is 8. The monoisotopic (exact) mass is 315 g/mol. The summed E-state index contributed by atoms with van der Waals surface area (Å²) in [5.74, 6) is 1.45. The summed E-state index contributed by atoms with van der Waals surface area (Å²) in [6.07, 6.45) is 0.225. The summed E-state index contributed by atoms with van der Waals surface area (Å²) < 4.78 is 10.6. The molecule has 0 saturated carbocycles. The Labute approximate surface area is 138 Å². The highest BCUT2D eigenvalue weighted by molar-refractivity contribution is 5.43. The van der Waals surface area contributed by atoms with Gasteiger partial charge in [0.15, 0.2) is 11.5 Å². The fourth-order valence-corrected chi connectivity index (χ4v) is 2.52. The van der Waals surface area contributed by atoms with E-state index in [1.54, 1.807) is 14.2 Å². The number of hydrogen-bond acceptors (Lipinski definition) is 4. The third-order valence-electron chi connectivity index (χ3n) is 3.96. The van der Waals surface area contributed by atoms with Crippen LogP contribution in [-0.4, -0.2) is 25.9 Å². The van der Waals surface area contributed by atoms with E-state index in [0.717, 1.165) is 29.2 Å². The Bertz CT molecular complexity index is 601. The minimum Gasteiger partial charge on any atom is -0.493 e. The number of benzene rings is 2. The molecule has 2 unspecified atom stereocenters. The lowest BCUT2D eigenvalue weighted by molar-refractivity contribution is 0.165. The lowest BCUT2D eigenvalue weighted by Gasteiger charge is -2.18. The third-order valence-corrected chi connectivity index (χ3v) is 3.96. The topological polar surface area (TPSA) is 50.7 Å². The normalized spacial score (nSPS) is 13.4. The Kier molecular flexibility index (Phi) is 6.44. The van der Waals surface area contributed by atoms with Crippen LogP contribution in [-0.2, 0) is 0 Å². The molecule has 0 spiro atoms. The minimum atomic E-state index is -0.443. The average Bonchev–Trinajstić information content (AvgIpc) is 2.61. The molecule has 4 heteroatoms. The van der Waals surface area contributed by atoms with Crippen molar-refractivity contribution in [3.05, 3.63) is 59.7 Å². The molecule has 0 aliphatic heterocycles. The SMILES string of the molecule is COc1ccc(C(C)NCCC(O)c2ccccc2)cc1OC. The maximum Gasteiger partial charge on any atom is 0.161 e. The van der Waals surface area contributed by atoms with Gasteiger partial charge in [-0.25, -0.2) is 0 Å². The van der Waals surface area contributed by atoms with Gasteiger partial charge in [0.05, 0.1) is 20.3 Å². The van der Waals surface area contributed by atoms with Crippen molar-refractivity contribution in [1.82, 2.24) is 5.32 Å². The molecule has 2 atom stereocenters. The van der Waals surface area contributed by atoms with E-state index in [2.05, 4.69) is 12.2 Å². The molecule has 0 amide bonds. The molecule has 0 bridgehead atoms. The standard InChI is InChI=1S/C19H25NO3/c1-14(16-9-10-18(22-2)19(13-16)23-3)20-12-11-17(21)15-7-5-4-6-8-15/h4-10,13-14,17,20-21H,11-12H2,1-3H3. The molecule has 124 valence electrons. The molecule has 2 rings (SSSR count). The van der Waals surface area contributed by atoms with Crippen LogP contribution in [0.15, 0.2) is 48.5 Å². The minimum absolute atomic E-state index is 0.165. The molecular weight excluding hydrogens is 290 g/mol. The van der Waals surface area contributed by atoms with Crippen LogP contribution in [0.5, 0.6) is 11.5 Å². The quantitative estimate of drug-likeness (QED) is 0.783. The fraction of sp³-hybridized carbons (Fsp3) is 0.368. The van der Waals surface area contributed by atoms with Crippen LogP contribution in [0.1, 0.15) is 36.6 Å². The van der Waals surface area contributed by atoms with Crippen molar-refractivity contribution in [2.24, 2.45) is 0 Å². The van der Waals surface area contributed by atoms with Gasteiger partial charge in [0.25, 0.3) is 0 Å². The summed E-state index contributed by atoms with van der Waals surface area (Å²) in [7, 11) is 3.26. The zero-order valence-corrected chi connectivity index (χ0v) is 14.0. The number of methoxy groups -OCH3 is 2. The first kappa shape index (κ1) is 17.3. The number of hydrogen-bond donors (Lipinski definition) is 2. The summed E-state index contributed by atoms with van der Waals surface area (Å²) in [4.78, 5) is 0. The smallest absolute Gasteiger partial charge is 0.161 e. The van der Waals surface area contributed by atoms with Gasteiger partial charge in [-0.1, -0.05) is 36.4 Å². The van der Waals surface area contributed by atoms with Gasteiger partial charge in [0.2, 0.25) is 0 Å². The first-order valence-corrected chi connectivity index (χ1v) is 7.84. The van der Waals surface area contributed by atoms with Crippen molar-refractivity contribution >= 4 is 0 Å². The van der Waals surface area contributed by atoms with Gasteiger partial charge in [-0.15, -0.1) is 0 Å². The molecule has 0 radical (unpaired) electrons. The van der Waals surface area contributed by atoms with E-state index in [-0.39, 0.29) is 6.04 Å². The van der Waals surface area contributed by atoms with Gasteiger partial charge in [-0.3, -0.25) is 0 Å². The summed E-state index contributed by atoms with van der Waals surface area (Å²) in [6.45, 7) is 2.82. The van der Waals surface area contributed by atoms with Crippen molar-refractivity contribution in [2.75, 3.05) is 20.8 Å². The Morgan fingerprint density at radius 1 is 0.957 bits per heavy atom. The molecule has 0 saturated heterocycles. The van der Waals surface area contributed by atoms with Crippen LogP contribution in [0.4, 0.5) is 0 Å². The highest BCUT2D eigenvalue weighted by Gasteiger charge is 2.11. The van der Waals surface area contributed by atoms with Gasteiger partial charge in [0, 0.05) is 6.04 Å². The number of ether oxygens (including phenoxy) is 2. The van der Waals surface area contributed by atoms with E-state index in [0.29, 0.717) is 6.42 Å². The van der Waals surface area contributed by atoms with Crippen molar-refractivity contribution in [2.45, 2.75) is 25.5 Å². The summed E-state index contributed by atoms with van der Waals surface area (Å²) in [5.41, 5.74) is 2.07. The Balaban J connectivity index is 1.88. The fourth-order valence-electron chi connectivity index (χ4n) is 2.52. The van der Waals surface area contributed by atoms with Gasteiger partial charge in [0.1, 0.15) is 0 Å². The highest BCUT2D eigenvalue weighted by Crippen LogP contribution is 2.29. The second-order valence-electron chi connectivity index (χ2n) is 5.51. The average molecular weight is 315 g/mol. The van der Waals surface area contributed by atoms with E-state index in [1.807, 2.05) is 48.5 Å². The molecule has 4 nitrogen and oxygen atoms in total. The molecule has 2 N–H and O–H groups in total. The molecule has 2 aromatic rings. The zero-order chi connectivity index (χ0) is 16.7. The van der Waals surface area contributed by atoms with E-state index >= 15 is 0 Å². The number of aliphatic hydroxyl groups excluding tert-OH is 1. The van der Waals surface area contributed by atoms with E-state index in [9.17, 15) is 5.11 Å². The van der Waals surface area contributed by atoms with Gasteiger partial charge >= 0.3 is 0 Å². The van der Waals surface area contributed by atoms with Crippen molar-refractivity contribution in [1.29, 1.82) is 0 Å². The number of aliphatic hydroxyl groups is 1. The lowest BCUT2D eigenvalue weighted by Crippen LogP contribution is -2.21. The summed E-state index contributed by atoms with van der Waals surface area (Å²) in [5, 5.41) is 13.6. The van der Waals surface area contributed by atoms with Crippen LogP contribution in [0.2, 0.25) is 0 Å². The second kappa shape index (κ2) is 8.56. The van der Waals surface area contributed by atoms with Crippen LogP contribution in [0.3, 0.4) is 0 Å².